The average Bonchev–Trinajstić information content (AvgIpc) is 2.40. The minimum absolute atomic E-state index is 0.252. The minimum Gasteiger partial charge on any atom is -0.313 e. The number of nitro benzene ring substituents is 1. The maximum absolute atomic E-state index is 12.2. The normalized spacial score (nSPS) is 11.1. The van der Waals surface area contributed by atoms with Crippen molar-refractivity contribution in [1.29, 1.82) is 0 Å². The summed E-state index contributed by atoms with van der Waals surface area (Å²) in [6.45, 7) is 1.47. The van der Waals surface area contributed by atoms with Crippen LogP contribution >= 0.6 is 0 Å². The number of anilines is 1. The van der Waals surface area contributed by atoms with E-state index < -0.39 is 36.8 Å². The van der Waals surface area contributed by atoms with Gasteiger partial charge in [0.15, 0.2) is 4.90 Å². The van der Waals surface area contributed by atoms with Crippen molar-refractivity contribution < 1.29 is 13.3 Å². The molecule has 2 aromatic rings. The second kappa shape index (κ2) is 5.44. The van der Waals surface area contributed by atoms with E-state index in [2.05, 4.69) is 0 Å². The van der Waals surface area contributed by atoms with E-state index in [0.29, 0.717) is 11.8 Å². The van der Waals surface area contributed by atoms with E-state index in [4.69, 9.17) is 0 Å². The summed E-state index contributed by atoms with van der Waals surface area (Å²) in [5.41, 5.74) is -2.40. The summed E-state index contributed by atoms with van der Waals surface area (Å²) in [5.74, 6) is 0. The summed E-state index contributed by atoms with van der Waals surface area (Å²) in [6, 6.07) is 4.00. The number of aromatic nitrogens is 2. The topological polar surface area (TPSA) is 155 Å². The molecule has 0 aliphatic rings. The van der Waals surface area contributed by atoms with E-state index in [0.717, 1.165) is 6.07 Å². The van der Waals surface area contributed by atoms with Gasteiger partial charge >= 0.3 is 5.69 Å². The Balaban J connectivity index is 2.57. The monoisotopic (exact) mass is 326 g/mol. The predicted octanol–water partition coefficient (Wildman–Crippen LogP) is 0.0806. The fourth-order valence-corrected chi connectivity index (χ4v) is 2.88. The first-order chi connectivity index (χ1) is 10.2. The Kier molecular flexibility index (Phi) is 3.82. The number of benzene rings is 1. The molecule has 0 aliphatic carbocycles. The van der Waals surface area contributed by atoms with Crippen LogP contribution in [0, 0.1) is 17.0 Å². The van der Waals surface area contributed by atoms with Crippen molar-refractivity contribution in [2.45, 2.75) is 11.8 Å². The van der Waals surface area contributed by atoms with Gasteiger partial charge in [-0.25, -0.2) is 13.2 Å². The van der Waals surface area contributed by atoms with Crippen LogP contribution < -0.4 is 16.0 Å². The molecule has 0 saturated carbocycles. The maximum Gasteiger partial charge on any atom is 0.325 e. The van der Waals surface area contributed by atoms with E-state index in [9.17, 15) is 28.1 Å². The average molecular weight is 326 g/mol. The number of nitrogens with one attached hydrogen (secondary N) is 3. The minimum atomic E-state index is -4.41. The van der Waals surface area contributed by atoms with E-state index in [-0.39, 0.29) is 5.69 Å². The molecule has 1 heterocycles. The highest BCUT2D eigenvalue weighted by Gasteiger charge is 2.24. The fraction of sp³-hybridized carbons (Fsp3) is 0.0909. The molecule has 0 spiro atoms. The zero-order valence-electron chi connectivity index (χ0n) is 11.1. The van der Waals surface area contributed by atoms with Crippen LogP contribution in [0.3, 0.4) is 0 Å². The third-order valence-electron chi connectivity index (χ3n) is 2.76. The molecule has 1 aromatic carbocycles. The quantitative estimate of drug-likeness (QED) is 0.533. The lowest BCUT2D eigenvalue weighted by atomic mass is 10.2. The van der Waals surface area contributed by atoms with Gasteiger partial charge in [0, 0.05) is 12.3 Å². The second-order valence-electron chi connectivity index (χ2n) is 4.27. The maximum atomic E-state index is 12.2. The van der Waals surface area contributed by atoms with Gasteiger partial charge in [-0.15, -0.1) is 0 Å². The Morgan fingerprint density at radius 3 is 2.55 bits per heavy atom. The zero-order chi connectivity index (χ0) is 16.5. The summed E-state index contributed by atoms with van der Waals surface area (Å²) in [7, 11) is -4.41. The summed E-state index contributed by atoms with van der Waals surface area (Å²) < 4.78 is 26.4. The highest BCUT2D eigenvalue weighted by molar-refractivity contribution is 7.92. The largest absolute Gasteiger partial charge is 0.325 e. The smallest absolute Gasteiger partial charge is 0.313 e. The summed E-state index contributed by atoms with van der Waals surface area (Å²) >= 11 is 0. The van der Waals surface area contributed by atoms with Crippen molar-refractivity contribution in [3.8, 4) is 0 Å². The third kappa shape index (κ3) is 2.88. The Morgan fingerprint density at radius 1 is 1.27 bits per heavy atom. The van der Waals surface area contributed by atoms with E-state index >= 15 is 0 Å². The molecule has 0 bridgehead atoms. The van der Waals surface area contributed by atoms with Crippen molar-refractivity contribution in [2.24, 2.45) is 0 Å². The second-order valence-corrected chi connectivity index (χ2v) is 5.92. The molecule has 0 aliphatic heterocycles. The molecule has 116 valence electrons. The summed E-state index contributed by atoms with van der Waals surface area (Å²) in [5, 5.41) is 11.0. The van der Waals surface area contributed by atoms with Gasteiger partial charge in [-0.2, -0.15) is 0 Å². The van der Waals surface area contributed by atoms with Gasteiger partial charge in [0.25, 0.3) is 21.3 Å². The highest BCUT2D eigenvalue weighted by Crippen LogP contribution is 2.29. The number of sulfonamides is 1. The van der Waals surface area contributed by atoms with Crippen molar-refractivity contribution in [1.82, 2.24) is 9.97 Å². The molecule has 0 fully saturated rings. The number of aromatic amines is 2. The van der Waals surface area contributed by atoms with Crippen molar-refractivity contribution in [2.75, 3.05) is 4.72 Å². The van der Waals surface area contributed by atoms with E-state index in [1.807, 2.05) is 9.71 Å². The predicted molar refractivity (Wildman–Crippen MR) is 76.3 cm³/mol. The molecule has 3 N–H and O–H groups in total. The Hall–Kier alpha value is -2.95. The van der Waals surface area contributed by atoms with Gasteiger partial charge < -0.3 is 4.98 Å². The number of H-pyrrole nitrogens is 2. The summed E-state index contributed by atoms with van der Waals surface area (Å²) in [6.07, 6.45) is 0.716. The molecule has 1 aromatic heterocycles. The van der Waals surface area contributed by atoms with Crippen molar-refractivity contribution in [3.05, 3.63) is 60.9 Å². The lowest BCUT2D eigenvalue weighted by Crippen LogP contribution is -2.29. The van der Waals surface area contributed by atoms with Crippen LogP contribution in [0.15, 0.2) is 38.9 Å². The fourth-order valence-electron chi connectivity index (χ4n) is 1.72. The van der Waals surface area contributed by atoms with Crippen LogP contribution in [-0.4, -0.2) is 23.3 Å². The number of hydrogen-bond acceptors (Lipinski definition) is 6. The standard InChI is InChI=1S/C11H10N4O6S/c1-6-3-2-4-7(15(18)19)9(6)14-22(20,21)8-5-12-11(17)13-10(8)16/h2-5,14H,1H3,(H2,12,13,16,17). The molecule has 22 heavy (non-hydrogen) atoms. The molecular weight excluding hydrogens is 316 g/mol. The Bertz CT molecular complexity index is 959. The van der Waals surface area contributed by atoms with Gasteiger partial charge in [-0.3, -0.25) is 24.6 Å². The molecule has 0 saturated heterocycles. The van der Waals surface area contributed by atoms with Gasteiger partial charge in [0.05, 0.1) is 4.92 Å². The third-order valence-corrected chi connectivity index (χ3v) is 4.11. The zero-order valence-corrected chi connectivity index (χ0v) is 11.9. The molecule has 10 nitrogen and oxygen atoms in total. The van der Waals surface area contributed by atoms with Gasteiger partial charge in [-0.1, -0.05) is 12.1 Å². The first kappa shape index (κ1) is 15.4. The van der Waals surface area contributed by atoms with Crippen LogP contribution in [0.4, 0.5) is 11.4 Å². The number of aryl methyl sites for hydroxylation is 1. The van der Waals surface area contributed by atoms with Crippen LogP contribution in [0.2, 0.25) is 0 Å². The molecule has 2 rings (SSSR count). The highest BCUT2D eigenvalue weighted by atomic mass is 32.2. The molecule has 0 radical (unpaired) electrons. The number of nitrogens with zero attached hydrogens (tertiary/aromatic N) is 1. The molecule has 0 amide bonds. The molecule has 11 heteroatoms. The van der Waals surface area contributed by atoms with Gasteiger partial charge in [-0.05, 0) is 12.5 Å². The SMILES string of the molecule is Cc1cccc([N+](=O)[O-])c1NS(=O)(=O)c1c[nH]c(=O)[nH]c1=O. The number of rotatable bonds is 4. The lowest BCUT2D eigenvalue weighted by molar-refractivity contribution is -0.383. The number of hydrogen-bond donors (Lipinski definition) is 3. The number of nitro groups is 1. The number of para-hydroxylation sites is 1. The van der Waals surface area contributed by atoms with E-state index in [1.54, 1.807) is 4.98 Å². The molecular formula is C11H10N4O6S. The molecule has 0 atom stereocenters. The molecule has 0 unspecified atom stereocenters. The Labute approximate surface area is 123 Å². The van der Waals surface area contributed by atoms with Gasteiger partial charge in [0.1, 0.15) is 5.69 Å². The van der Waals surface area contributed by atoms with E-state index in [1.165, 1.54) is 19.1 Å². The lowest BCUT2D eigenvalue weighted by Gasteiger charge is -2.10. The summed E-state index contributed by atoms with van der Waals surface area (Å²) in [4.78, 5) is 35.7. The first-order valence-electron chi connectivity index (χ1n) is 5.81. The van der Waals surface area contributed by atoms with Crippen LogP contribution in [0.1, 0.15) is 5.56 Å². The Morgan fingerprint density at radius 2 is 1.95 bits per heavy atom. The van der Waals surface area contributed by atoms with Crippen LogP contribution in [0.25, 0.3) is 0 Å². The van der Waals surface area contributed by atoms with Crippen LogP contribution in [0.5, 0.6) is 0 Å². The van der Waals surface area contributed by atoms with Crippen LogP contribution in [-0.2, 0) is 10.0 Å². The van der Waals surface area contributed by atoms with Gasteiger partial charge in [0.2, 0.25) is 0 Å². The van der Waals surface area contributed by atoms with Crippen molar-refractivity contribution >= 4 is 21.4 Å². The van der Waals surface area contributed by atoms with Crippen molar-refractivity contribution in [3.63, 3.8) is 0 Å². The first-order valence-corrected chi connectivity index (χ1v) is 7.29.